The van der Waals surface area contributed by atoms with Crippen LogP contribution in [0.3, 0.4) is 0 Å². The van der Waals surface area contributed by atoms with E-state index in [0.29, 0.717) is 0 Å². The summed E-state index contributed by atoms with van der Waals surface area (Å²) in [7, 11) is 0. The summed E-state index contributed by atoms with van der Waals surface area (Å²) >= 11 is 0. The van der Waals surface area contributed by atoms with E-state index in [1.165, 1.54) is 11.1 Å². The molecule has 15 heavy (non-hydrogen) atoms. The fourth-order valence-corrected chi connectivity index (χ4v) is 1.40. The van der Waals surface area contributed by atoms with Crippen LogP contribution in [0, 0.1) is 0 Å². The fourth-order valence-electron chi connectivity index (χ4n) is 1.40. The molecular weight excluding hydrogens is 180 g/mol. The normalized spacial score (nSPS) is 10.5. The second kappa shape index (κ2) is 6.02. The molecule has 1 aromatic carbocycles. The molecule has 0 unspecified atom stereocenters. The van der Waals surface area contributed by atoms with Crippen LogP contribution in [-0.4, -0.2) is 0 Å². The maximum atomic E-state index is 3.92. The zero-order chi connectivity index (χ0) is 11.1. The van der Waals surface area contributed by atoms with Crippen molar-refractivity contribution < 1.29 is 0 Å². The van der Waals surface area contributed by atoms with Crippen LogP contribution >= 0.6 is 0 Å². The van der Waals surface area contributed by atoms with E-state index in [2.05, 4.69) is 43.5 Å². The van der Waals surface area contributed by atoms with Gasteiger partial charge in [-0.05, 0) is 30.9 Å². The fraction of sp³-hybridized carbons (Fsp3) is 0.200. The molecule has 0 N–H and O–H groups in total. The zero-order valence-electron chi connectivity index (χ0n) is 9.37. The molecule has 0 aliphatic rings. The summed E-state index contributed by atoms with van der Waals surface area (Å²) in [6, 6.07) is 8.61. The smallest absolute Gasteiger partial charge is 0.0233 e. The molecule has 0 saturated heterocycles. The molecule has 0 bridgehead atoms. The Morgan fingerprint density at radius 1 is 1.27 bits per heavy atom. The molecule has 0 saturated carbocycles. The van der Waals surface area contributed by atoms with Crippen LogP contribution in [0.25, 0.3) is 5.57 Å². The summed E-state index contributed by atoms with van der Waals surface area (Å²) in [5.41, 5.74) is 3.71. The summed E-state index contributed by atoms with van der Waals surface area (Å²) < 4.78 is 0. The van der Waals surface area contributed by atoms with Crippen molar-refractivity contribution in [1.82, 2.24) is 0 Å². The highest BCUT2D eigenvalue weighted by Crippen LogP contribution is 2.13. The number of hydrogen-bond donors (Lipinski definition) is 0. The first-order valence-electron chi connectivity index (χ1n) is 5.26. The van der Waals surface area contributed by atoms with Gasteiger partial charge in [-0.2, -0.15) is 0 Å². The number of aryl methyl sites for hydroxylation is 1. The Kier molecular flexibility index (Phi) is 4.62. The molecule has 0 heteroatoms. The Morgan fingerprint density at radius 2 is 1.93 bits per heavy atom. The summed E-state index contributed by atoms with van der Waals surface area (Å²) in [5.74, 6) is 0. The Morgan fingerprint density at radius 3 is 2.47 bits per heavy atom. The van der Waals surface area contributed by atoms with Crippen LogP contribution in [0.4, 0.5) is 0 Å². The molecule has 0 spiro atoms. The van der Waals surface area contributed by atoms with E-state index in [4.69, 9.17) is 0 Å². The molecular formula is C15H18. The first-order valence-corrected chi connectivity index (χ1v) is 5.26. The van der Waals surface area contributed by atoms with Crippen molar-refractivity contribution in [3.05, 3.63) is 66.8 Å². The predicted octanol–water partition coefficient (Wildman–Crippen LogP) is 4.39. The van der Waals surface area contributed by atoms with E-state index in [9.17, 15) is 0 Å². The summed E-state index contributed by atoms with van der Waals surface area (Å²) in [6.45, 7) is 9.59. The van der Waals surface area contributed by atoms with Gasteiger partial charge >= 0.3 is 0 Å². The molecule has 1 aromatic rings. The van der Waals surface area contributed by atoms with E-state index < -0.39 is 0 Å². The average molecular weight is 198 g/mol. The Bertz CT molecular complexity index is 352. The molecule has 0 aliphatic carbocycles. The predicted molar refractivity (Wildman–Crippen MR) is 68.8 cm³/mol. The van der Waals surface area contributed by atoms with Crippen molar-refractivity contribution >= 4 is 5.57 Å². The minimum Gasteiger partial charge on any atom is -0.0991 e. The van der Waals surface area contributed by atoms with Crippen LogP contribution in [0.2, 0.25) is 0 Å². The standard InChI is InChI=1S/C15H18/c1-4-5-6-7-8-14-9-11-15(12-10-14)13(2)3/h4-6,9-12H,1-2,7-8H2,3H3/b6-5-. The lowest BCUT2D eigenvalue weighted by atomic mass is 10.0. The molecule has 0 fully saturated rings. The van der Waals surface area contributed by atoms with E-state index >= 15 is 0 Å². The van der Waals surface area contributed by atoms with Crippen molar-refractivity contribution in [1.29, 1.82) is 0 Å². The van der Waals surface area contributed by atoms with Crippen molar-refractivity contribution in [2.24, 2.45) is 0 Å². The largest absolute Gasteiger partial charge is 0.0991 e. The molecule has 0 atom stereocenters. The summed E-state index contributed by atoms with van der Waals surface area (Å²) in [5, 5.41) is 0. The molecule has 0 radical (unpaired) electrons. The number of hydrogen-bond acceptors (Lipinski definition) is 0. The summed E-state index contributed by atoms with van der Waals surface area (Å²) in [4.78, 5) is 0. The lowest BCUT2D eigenvalue weighted by Gasteiger charge is -2.02. The van der Waals surface area contributed by atoms with Gasteiger partial charge in [-0.15, -0.1) is 0 Å². The SMILES string of the molecule is C=C/C=C\CCc1ccc(C(=C)C)cc1. The van der Waals surface area contributed by atoms with E-state index in [1.54, 1.807) is 0 Å². The van der Waals surface area contributed by atoms with Crippen LogP contribution in [0.1, 0.15) is 24.5 Å². The quantitative estimate of drug-likeness (QED) is 0.615. The molecule has 0 nitrogen and oxygen atoms in total. The van der Waals surface area contributed by atoms with Crippen molar-refractivity contribution in [3.8, 4) is 0 Å². The Labute approximate surface area is 92.6 Å². The lowest BCUT2D eigenvalue weighted by Crippen LogP contribution is -1.84. The highest BCUT2D eigenvalue weighted by atomic mass is 14.0. The van der Waals surface area contributed by atoms with Gasteiger partial charge in [-0.25, -0.2) is 0 Å². The third kappa shape index (κ3) is 3.99. The molecule has 0 aromatic heterocycles. The van der Waals surface area contributed by atoms with Crippen molar-refractivity contribution in [2.75, 3.05) is 0 Å². The number of rotatable bonds is 5. The third-order valence-corrected chi connectivity index (χ3v) is 2.32. The molecule has 78 valence electrons. The molecule has 0 amide bonds. The van der Waals surface area contributed by atoms with Gasteiger partial charge in [0.25, 0.3) is 0 Å². The van der Waals surface area contributed by atoms with Gasteiger partial charge in [0.1, 0.15) is 0 Å². The number of benzene rings is 1. The maximum absolute atomic E-state index is 3.92. The summed E-state index contributed by atoms with van der Waals surface area (Å²) in [6.07, 6.45) is 8.09. The van der Waals surface area contributed by atoms with E-state index in [1.807, 2.05) is 19.1 Å². The first kappa shape index (κ1) is 11.5. The highest BCUT2D eigenvalue weighted by molar-refractivity contribution is 5.61. The Hall–Kier alpha value is -1.56. The van der Waals surface area contributed by atoms with Crippen LogP contribution in [0.15, 0.2) is 55.7 Å². The van der Waals surface area contributed by atoms with Gasteiger partial charge < -0.3 is 0 Å². The van der Waals surface area contributed by atoms with Crippen molar-refractivity contribution in [2.45, 2.75) is 19.8 Å². The minimum atomic E-state index is 1.07. The van der Waals surface area contributed by atoms with Crippen LogP contribution < -0.4 is 0 Å². The first-order chi connectivity index (χ1) is 7.24. The monoisotopic (exact) mass is 198 g/mol. The zero-order valence-corrected chi connectivity index (χ0v) is 9.37. The van der Waals surface area contributed by atoms with Crippen molar-refractivity contribution in [3.63, 3.8) is 0 Å². The van der Waals surface area contributed by atoms with Crippen LogP contribution in [-0.2, 0) is 6.42 Å². The van der Waals surface area contributed by atoms with Crippen LogP contribution in [0.5, 0.6) is 0 Å². The maximum Gasteiger partial charge on any atom is -0.0233 e. The lowest BCUT2D eigenvalue weighted by molar-refractivity contribution is 1.00. The van der Waals surface area contributed by atoms with Gasteiger partial charge in [0.05, 0.1) is 0 Å². The van der Waals surface area contributed by atoms with E-state index in [0.717, 1.165) is 18.4 Å². The topological polar surface area (TPSA) is 0 Å². The van der Waals surface area contributed by atoms with Gasteiger partial charge in [-0.3, -0.25) is 0 Å². The van der Waals surface area contributed by atoms with Gasteiger partial charge in [0, 0.05) is 0 Å². The van der Waals surface area contributed by atoms with Gasteiger partial charge in [0.15, 0.2) is 0 Å². The Balaban J connectivity index is 2.53. The molecule has 0 aliphatic heterocycles. The number of allylic oxidation sites excluding steroid dienone is 4. The second-order valence-electron chi connectivity index (χ2n) is 3.68. The van der Waals surface area contributed by atoms with Gasteiger partial charge in [0.2, 0.25) is 0 Å². The molecule has 0 heterocycles. The molecule has 1 rings (SSSR count). The van der Waals surface area contributed by atoms with Gasteiger partial charge in [-0.1, -0.05) is 61.2 Å². The second-order valence-corrected chi connectivity index (χ2v) is 3.68. The average Bonchev–Trinajstić information content (AvgIpc) is 2.25. The highest BCUT2D eigenvalue weighted by Gasteiger charge is 1.94. The third-order valence-electron chi connectivity index (χ3n) is 2.32. The minimum absolute atomic E-state index is 1.07. The van der Waals surface area contributed by atoms with E-state index in [-0.39, 0.29) is 0 Å².